The largest absolute Gasteiger partial charge is 0.295 e. The number of nitrogens with zero attached hydrogens (tertiary/aromatic N) is 1. The lowest BCUT2D eigenvalue weighted by molar-refractivity contribution is -0.482. The average Bonchev–Trinajstić information content (AvgIpc) is 2.17. The van der Waals surface area contributed by atoms with Gasteiger partial charge in [-0.2, -0.15) is 0 Å². The summed E-state index contributed by atoms with van der Waals surface area (Å²) >= 11 is 0. The number of hydrogen-bond acceptors (Lipinski definition) is 3. The van der Waals surface area contributed by atoms with Gasteiger partial charge in [-0.15, -0.1) is 0 Å². The fourth-order valence-electron chi connectivity index (χ4n) is 1.38. The van der Waals surface area contributed by atoms with Gasteiger partial charge in [0.2, 0.25) is 6.54 Å². The van der Waals surface area contributed by atoms with Crippen molar-refractivity contribution in [1.82, 2.24) is 0 Å². The second-order valence-electron chi connectivity index (χ2n) is 3.59. The molecule has 0 aliphatic rings. The molecule has 80 valence electrons. The van der Waals surface area contributed by atoms with Crippen LogP contribution in [0.3, 0.4) is 0 Å². The summed E-state index contributed by atoms with van der Waals surface area (Å²) in [4.78, 5) is 21.0. The Morgan fingerprint density at radius 3 is 2.33 bits per heavy atom. The number of rotatable bonds is 4. The van der Waals surface area contributed by atoms with Crippen molar-refractivity contribution in [3.05, 3.63) is 45.5 Å². The van der Waals surface area contributed by atoms with Crippen LogP contribution in [0.2, 0.25) is 0 Å². The molecule has 0 radical (unpaired) electrons. The summed E-state index contributed by atoms with van der Waals surface area (Å²) in [6.45, 7) is 3.21. The molecule has 0 N–H and O–H groups in total. The molecule has 0 amide bonds. The predicted octanol–water partition coefficient (Wildman–Crippen LogP) is 2.27. The Kier molecular flexibility index (Phi) is 3.55. The van der Waals surface area contributed by atoms with Gasteiger partial charge in [0.15, 0.2) is 5.78 Å². The zero-order valence-electron chi connectivity index (χ0n) is 8.77. The molecule has 0 aliphatic heterocycles. The molecule has 0 saturated carbocycles. The minimum atomic E-state index is -0.330. The molecule has 1 aromatic rings. The predicted molar refractivity (Wildman–Crippen MR) is 56.7 cm³/mol. The van der Waals surface area contributed by atoms with Crippen LogP contribution in [0.5, 0.6) is 0 Å². The first-order chi connectivity index (χ1) is 7.00. The molecule has 1 atom stereocenters. The van der Waals surface area contributed by atoms with Gasteiger partial charge in [-0.05, 0) is 12.5 Å². The Labute approximate surface area is 88.1 Å². The molecule has 4 heteroatoms. The molecule has 0 aliphatic carbocycles. The SMILES string of the molecule is CC(=O)c1ccc([C@H](C)C[N+](=O)[O-])cc1. The molecule has 1 rings (SSSR count). The Morgan fingerprint density at radius 1 is 1.40 bits per heavy atom. The number of nitro groups is 1. The molecule has 0 bridgehead atoms. The van der Waals surface area contributed by atoms with Gasteiger partial charge in [0.1, 0.15) is 0 Å². The number of ketones is 1. The summed E-state index contributed by atoms with van der Waals surface area (Å²) in [7, 11) is 0. The third-order valence-electron chi connectivity index (χ3n) is 2.31. The molecule has 0 unspecified atom stereocenters. The lowest BCUT2D eigenvalue weighted by Crippen LogP contribution is -2.09. The van der Waals surface area contributed by atoms with Crippen molar-refractivity contribution in [3.8, 4) is 0 Å². The monoisotopic (exact) mass is 207 g/mol. The van der Waals surface area contributed by atoms with E-state index < -0.39 is 0 Å². The third-order valence-corrected chi connectivity index (χ3v) is 2.31. The molecule has 0 spiro atoms. The Morgan fingerprint density at radius 2 is 1.93 bits per heavy atom. The molecule has 0 aromatic heterocycles. The van der Waals surface area contributed by atoms with Gasteiger partial charge in [0.25, 0.3) is 0 Å². The molecule has 4 nitrogen and oxygen atoms in total. The quantitative estimate of drug-likeness (QED) is 0.432. The van der Waals surface area contributed by atoms with Crippen molar-refractivity contribution in [2.24, 2.45) is 0 Å². The number of hydrogen-bond donors (Lipinski definition) is 0. The van der Waals surface area contributed by atoms with Crippen LogP contribution in [0.4, 0.5) is 0 Å². The Balaban J connectivity index is 2.79. The van der Waals surface area contributed by atoms with Crippen LogP contribution in [-0.4, -0.2) is 17.3 Å². The normalized spacial score (nSPS) is 12.1. The van der Waals surface area contributed by atoms with Crippen molar-refractivity contribution in [1.29, 1.82) is 0 Å². The molecular weight excluding hydrogens is 194 g/mol. The summed E-state index contributed by atoms with van der Waals surface area (Å²) in [6.07, 6.45) is 0. The highest BCUT2D eigenvalue weighted by molar-refractivity contribution is 5.94. The molecular formula is C11H13NO3. The fraction of sp³-hybridized carbons (Fsp3) is 0.364. The number of carbonyl (C=O) groups excluding carboxylic acids is 1. The molecule has 0 heterocycles. The highest BCUT2D eigenvalue weighted by atomic mass is 16.6. The highest BCUT2D eigenvalue weighted by Gasteiger charge is 2.11. The van der Waals surface area contributed by atoms with E-state index in [1.165, 1.54) is 6.92 Å². The van der Waals surface area contributed by atoms with Crippen LogP contribution in [0, 0.1) is 10.1 Å². The number of carbonyl (C=O) groups is 1. The van der Waals surface area contributed by atoms with Gasteiger partial charge < -0.3 is 0 Å². The van der Waals surface area contributed by atoms with Crippen LogP contribution < -0.4 is 0 Å². The first-order valence-corrected chi connectivity index (χ1v) is 4.73. The fourth-order valence-corrected chi connectivity index (χ4v) is 1.38. The maximum absolute atomic E-state index is 11.0. The summed E-state index contributed by atoms with van der Waals surface area (Å²) in [5.74, 6) is -0.121. The maximum Gasteiger partial charge on any atom is 0.210 e. The van der Waals surface area contributed by atoms with Gasteiger partial charge in [-0.3, -0.25) is 14.9 Å². The van der Waals surface area contributed by atoms with E-state index in [0.717, 1.165) is 5.56 Å². The van der Waals surface area contributed by atoms with E-state index in [9.17, 15) is 14.9 Å². The Bertz CT molecular complexity index is 370. The van der Waals surface area contributed by atoms with Gasteiger partial charge in [0, 0.05) is 16.4 Å². The standard InChI is InChI=1S/C11H13NO3/c1-8(7-12(14)15)10-3-5-11(6-4-10)9(2)13/h3-6,8H,7H2,1-2H3/t8-/m1/s1. The third kappa shape index (κ3) is 3.16. The van der Waals surface area contributed by atoms with Crippen molar-refractivity contribution < 1.29 is 9.72 Å². The molecule has 0 saturated heterocycles. The van der Waals surface area contributed by atoms with Gasteiger partial charge >= 0.3 is 0 Å². The summed E-state index contributed by atoms with van der Waals surface area (Å²) in [5.41, 5.74) is 1.52. The zero-order chi connectivity index (χ0) is 11.4. The molecule has 15 heavy (non-hydrogen) atoms. The molecule has 0 fully saturated rings. The molecule has 1 aromatic carbocycles. The number of Topliss-reactive ketones (excluding diaryl/α,β-unsaturated/α-hetero) is 1. The lowest BCUT2D eigenvalue weighted by Gasteiger charge is -2.07. The zero-order valence-corrected chi connectivity index (χ0v) is 8.77. The first-order valence-electron chi connectivity index (χ1n) is 4.73. The van der Waals surface area contributed by atoms with Crippen LogP contribution in [-0.2, 0) is 0 Å². The van der Waals surface area contributed by atoms with Crippen molar-refractivity contribution in [3.63, 3.8) is 0 Å². The van der Waals surface area contributed by atoms with Gasteiger partial charge in [-0.25, -0.2) is 0 Å². The van der Waals surface area contributed by atoms with E-state index in [0.29, 0.717) is 5.56 Å². The van der Waals surface area contributed by atoms with Crippen LogP contribution in [0.25, 0.3) is 0 Å². The van der Waals surface area contributed by atoms with Crippen molar-refractivity contribution >= 4 is 5.78 Å². The van der Waals surface area contributed by atoms with E-state index in [-0.39, 0.29) is 23.2 Å². The van der Waals surface area contributed by atoms with Crippen LogP contribution in [0.1, 0.15) is 35.7 Å². The first kappa shape index (κ1) is 11.4. The minimum absolute atomic E-state index is 0.00322. The van der Waals surface area contributed by atoms with E-state index in [1.54, 1.807) is 31.2 Å². The smallest absolute Gasteiger partial charge is 0.210 e. The summed E-state index contributed by atoms with van der Waals surface area (Å²) in [5, 5.41) is 10.3. The van der Waals surface area contributed by atoms with E-state index in [1.807, 2.05) is 0 Å². The Hall–Kier alpha value is -1.71. The van der Waals surface area contributed by atoms with E-state index in [4.69, 9.17) is 0 Å². The maximum atomic E-state index is 11.0. The van der Waals surface area contributed by atoms with Crippen molar-refractivity contribution in [2.75, 3.05) is 6.54 Å². The van der Waals surface area contributed by atoms with Crippen LogP contribution in [0.15, 0.2) is 24.3 Å². The highest BCUT2D eigenvalue weighted by Crippen LogP contribution is 2.16. The summed E-state index contributed by atoms with van der Waals surface area (Å²) in [6, 6.07) is 6.94. The van der Waals surface area contributed by atoms with Crippen molar-refractivity contribution in [2.45, 2.75) is 19.8 Å². The van der Waals surface area contributed by atoms with Gasteiger partial charge in [-0.1, -0.05) is 31.2 Å². The average molecular weight is 207 g/mol. The minimum Gasteiger partial charge on any atom is -0.295 e. The summed E-state index contributed by atoms with van der Waals surface area (Å²) < 4.78 is 0. The second kappa shape index (κ2) is 4.68. The van der Waals surface area contributed by atoms with Crippen LogP contribution >= 0.6 is 0 Å². The van der Waals surface area contributed by atoms with E-state index >= 15 is 0 Å². The topological polar surface area (TPSA) is 60.2 Å². The lowest BCUT2D eigenvalue weighted by atomic mass is 9.99. The second-order valence-corrected chi connectivity index (χ2v) is 3.59. The van der Waals surface area contributed by atoms with E-state index in [2.05, 4.69) is 0 Å². The number of benzene rings is 1. The van der Waals surface area contributed by atoms with Gasteiger partial charge in [0.05, 0.1) is 0 Å².